The second kappa shape index (κ2) is 9.09. The molecule has 6 N–H and O–H groups in total. The monoisotopic (exact) mass is 454 g/mol. The van der Waals surface area contributed by atoms with E-state index in [0.717, 1.165) is 51.4 Å². The molecule has 0 aromatic rings. The van der Waals surface area contributed by atoms with Gasteiger partial charge >= 0.3 is 0 Å². The summed E-state index contributed by atoms with van der Waals surface area (Å²) in [4.78, 5) is 0. The van der Waals surface area contributed by atoms with Crippen LogP contribution in [-0.2, 0) is 0 Å². The van der Waals surface area contributed by atoms with Gasteiger partial charge in [-0.05, 0) is 104 Å². The molecule has 4 saturated carbocycles. The maximum Gasteiger partial charge on any atom is 0.103 e. The van der Waals surface area contributed by atoms with E-state index in [2.05, 4.69) is 20.8 Å². The maximum absolute atomic E-state index is 11.6. The minimum Gasteiger partial charge on any atom is -0.394 e. The third kappa shape index (κ3) is 3.87. The molecule has 0 amide bonds. The summed E-state index contributed by atoms with van der Waals surface area (Å²) in [5.74, 6) is 1.72. The van der Waals surface area contributed by atoms with Crippen LogP contribution in [-0.4, -0.2) is 67.8 Å². The standard InChI is InChI=1S/C26H46O6/c1-14(4-7-20(29)22(31)13-27)17-5-6-18-24-19(12-23(32)26(17,18)3)25(2)9-8-16(28)10-15(25)11-21(24)30/h14-24,27-32H,4-13H2,1-3H3. The van der Waals surface area contributed by atoms with Gasteiger partial charge in [0.1, 0.15) is 6.10 Å². The van der Waals surface area contributed by atoms with E-state index in [9.17, 15) is 25.5 Å². The van der Waals surface area contributed by atoms with Gasteiger partial charge in [-0.1, -0.05) is 20.8 Å². The van der Waals surface area contributed by atoms with E-state index >= 15 is 0 Å². The second-order valence-electron chi connectivity index (χ2n) is 12.4. The first-order valence-corrected chi connectivity index (χ1v) is 13.0. The number of hydrogen-bond donors (Lipinski definition) is 6. The van der Waals surface area contributed by atoms with Crippen LogP contribution in [0.1, 0.15) is 78.6 Å². The van der Waals surface area contributed by atoms with Crippen LogP contribution in [0.15, 0.2) is 0 Å². The predicted molar refractivity (Wildman–Crippen MR) is 122 cm³/mol. The molecule has 0 radical (unpaired) electrons. The van der Waals surface area contributed by atoms with E-state index in [1.807, 2.05) is 0 Å². The first-order chi connectivity index (χ1) is 15.0. The van der Waals surface area contributed by atoms with Crippen molar-refractivity contribution in [1.82, 2.24) is 0 Å². The van der Waals surface area contributed by atoms with Crippen molar-refractivity contribution >= 4 is 0 Å². The van der Waals surface area contributed by atoms with Crippen molar-refractivity contribution in [1.29, 1.82) is 0 Å². The molecule has 6 nitrogen and oxygen atoms in total. The first-order valence-electron chi connectivity index (χ1n) is 13.0. The van der Waals surface area contributed by atoms with Crippen molar-refractivity contribution in [2.45, 2.75) is 109 Å². The molecule has 0 aromatic carbocycles. The Bertz CT molecular complexity index is 658. The van der Waals surface area contributed by atoms with Crippen LogP contribution in [0.25, 0.3) is 0 Å². The number of aliphatic hydroxyl groups excluding tert-OH is 6. The molecule has 4 aliphatic carbocycles. The molecule has 4 rings (SSSR count). The van der Waals surface area contributed by atoms with Crippen LogP contribution in [0, 0.1) is 46.3 Å². The van der Waals surface area contributed by atoms with Crippen molar-refractivity contribution in [3.05, 3.63) is 0 Å². The summed E-state index contributed by atoms with van der Waals surface area (Å²) in [6.45, 7) is 6.34. The lowest BCUT2D eigenvalue weighted by molar-refractivity contribution is -0.207. The number of aliphatic hydroxyl groups is 6. The molecule has 0 heterocycles. The Balaban J connectivity index is 1.53. The van der Waals surface area contributed by atoms with E-state index in [0.29, 0.717) is 24.2 Å². The molecular formula is C26H46O6. The fourth-order valence-corrected chi connectivity index (χ4v) is 9.08. The van der Waals surface area contributed by atoms with Crippen LogP contribution in [0.4, 0.5) is 0 Å². The Kier molecular flexibility index (Phi) is 7.06. The molecule has 0 aliphatic heterocycles. The smallest absolute Gasteiger partial charge is 0.103 e. The molecule has 13 atom stereocenters. The Labute approximate surface area is 193 Å². The van der Waals surface area contributed by atoms with E-state index in [-0.39, 0.29) is 40.8 Å². The van der Waals surface area contributed by atoms with E-state index in [1.54, 1.807) is 0 Å². The van der Waals surface area contributed by atoms with Gasteiger partial charge < -0.3 is 30.6 Å². The second-order valence-corrected chi connectivity index (χ2v) is 12.4. The van der Waals surface area contributed by atoms with Gasteiger partial charge in [-0.3, -0.25) is 0 Å². The molecule has 4 fully saturated rings. The van der Waals surface area contributed by atoms with E-state index in [1.165, 1.54) is 0 Å². The molecule has 0 saturated heterocycles. The lowest BCUT2D eigenvalue weighted by Crippen LogP contribution is -2.62. The highest BCUT2D eigenvalue weighted by molar-refractivity contribution is 5.14. The molecule has 0 bridgehead atoms. The quantitative estimate of drug-likeness (QED) is 0.365. The molecule has 32 heavy (non-hydrogen) atoms. The van der Waals surface area contributed by atoms with Crippen LogP contribution < -0.4 is 0 Å². The summed E-state index contributed by atoms with van der Waals surface area (Å²) in [5.41, 5.74) is -0.167. The fraction of sp³-hybridized carbons (Fsp3) is 1.00. The zero-order valence-electron chi connectivity index (χ0n) is 20.1. The number of hydrogen-bond acceptors (Lipinski definition) is 6. The van der Waals surface area contributed by atoms with Crippen molar-refractivity contribution in [2.24, 2.45) is 46.3 Å². The molecule has 4 aliphatic rings. The van der Waals surface area contributed by atoms with Crippen LogP contribution in [0.2, 0.25) is 0 Å². The average molecular weight is 455 g/mol. The SMILES string of the molecule is CC(CCC(O)C(O)CO)C1CCC2C3C(O)CC4CC(O)CCC4(C)C3CC(O)C12C. The third-order valence-electron chi connectivity index (χ3n) is 11.1. The Hall–Kier alpha value is -0.240. The topological polar surface area (TPSA) is 121 Å². The number of fused-ring (bicyclic) bond motifs is 5. The zero-order chi connectivity index (χ0) is 23.4. The lowest BCUT2D eigenvalue weighted by Gasteiger charge is -2.63. The van der Waals surface area contributed by atoms with E-state index in [4.69, 9.17) is 5.11 Å². The average Bonchev–Trinajstić information content (AvgIpc) is 3.11. The van der Waals surface area contributed by atoms with Crippen molar-refractivity contribution in [3.8, 4) is 0 Å². The van der Waals surface area contributed by atoms with Crippen molar-refractivity contribution in [2.75, 3.05) is 6.61 Å². The van der Waals surface area contributed by atoms with Gasteiger partial charge in [-0.25, -0.2) is 0 Å². The van der Waals surface area contributed by atoms with Crippen molar-refractivity contribution in [3.63, 3.8) is 0 Å². The van der Waals surface area contributed by atoms with Gasteiger partial charge in [0, 0.05) is 0 Å². The number of rotatable bonds is 6. The van der Waals surface area contributed by atoms with Gasteiger partial charge in [0.15, 0.2) is 0 Å². The molecular weight excluding hydrogens is 408 g/mol. The van der Waals surface area contributed by atoms with E-state index < -0.39 is 24.9 Å². The lowest BCUT2D eigenvalue weighted by atomic mass is 9.43. The highest BCUT2D eigenvalue weighted by Gasteiger charge is 2.65. The minimum atomic E-state index is -1.10. The zero-order valence-corrected chi connectivity index (χ0v) is 20.1. The van der Waals surface area contributed by atoms with Gasteiger partial charge in [0.05, 0.1) is 31.0 Å². The predicted octanol–water partition coefficient (Wildman–Crippen LogP) is 2.08. The Morgan fingerprint density at radius 3 is 2.28 bits per heavy atom. The third-order valence-corrected chi connectivity index (χ3v) is 11.1. The molecule has 0 aromatic heterocycles. The molecule has 6 heteroatoms. The summed E-state index contributed by atoms with van der Waals surface area (Å²) < 4.78 is 0. The minimum absolute atomic E-state index is 0.0830. The molecule has 186 valence electrons. The van der Waals surface area contributed by atoms with Crippen LogP contribution in [0.3, 0.4) is 0 Å². The molecule has 0 spiro atoms. The highest BCUT2D eigenvalue weighted by Crippen LogP contribution is 2.68. The summed E-state index contributed by atoms with van der Waals surface area (Å²) in [6, 6.07) is 0. The van der Waals surface area contributed by atoms with Crippen molar-refractivity contribution < 1.29 is 30.6 Å². The fourth-order valence-electron chi connectivity index (χ4n) is 9.08. The highest BCUT2D eigenvalue weighted by atomic mass is 16.4. The maximum atomic E-state index is 11.6. The van der Waals surface area contributed by atoms with Gasteiger partial charge in [0.2, 0.25) is 0 Å². The van der Waals surface area contributed by atoms with Gasteiger partial charge in [0.25, 0.3) is 0 Å². The largest absolute Gasteiger partial charge is 0.394 e. The van der Waals surface area contributed by atoms with Crippen LogP contribution in [0.5, 0.6) is 0 Å². The summed E-state index contributed by atoms with van der Waals surface area (Å²) in [6.07, 6.45) is 4.24. The summed E-state index contributed by atoms with van der Waals surface area (Å²) in [7, 11) is 0. The Morgan fingerprint density at radius 1 is 0.875 bits per heavy atom. The Morgan fingerprint density at radius 2 is 1.59 bits per heavy atom. The normalized spacial score (nSPS) is 51.3. The van der Waals surface area contributed by atoms with Crippen LogP contribution >= 0.6 is 0 Å². The first kappa shape index (κ1) is 24.9. The molecule has 13 unspecified atom stereocenters. The van der Waals surface area contributed by atoms with Gasteiger partial charge in [-0.2, -0.15) is 0 Å². The summed E-state index contributed by atoms with van der Waals surface area (Å²) in [5, 5.41) is 62.0. The summed E-state index contributed by atoms with van der Waals surface area (Å²) >= 11 is 0. The van der Waals surface area contributed by atoms with Gasteiger partial charge in [-0.15, -0.1) is 0 Å².